The van der Waals surface area contributed by atoms with E-state index < -0.39 is 21.8 Å². The molecule has 0 saturated carbocycles. The zero-order valence-electron chi connectivity index (χ0n) is 17.3. The molecule has 10 heteroatoms. The standard InChI is InChI=1S/C23H17N3O5S2/c1-2-31-16-9-11-18-19(13-16)32-23(24-18)25-21(27)14-8-10-17-20(12-14)33(29,30)26(22(17)28)15-6-4-3-5-7-15/h3-13H,2H2,1H3,(H,24,25,27). The number of benzene rings is 3. The highest BCUT2D eigenvalue weighted by atomic mass is 32.2. The molecule has 0 bridgehead atoms. The highest BCUT2D eigenvalue weighted by molar-refractivity contribution is 7.94. The van der Waals surface area contributed by atoms with Gasteiger partial charge >= 0.3 is 0 Å². The van der Waals surface area contributed by atoms with Gasteiger partial charge in [0.25, 0.3) is 21.8 Å². The lowest BCUT2D eigenvalue weighted by Gasteiger charge is -2.14. The largest absolute Gasteiger partial charge is 0.494 e. The second-order valence-corrected chi connectivity index (χ2v) is 9.94. The van der Waals surface area contributed by atoms with Gasteiger partial charge in [0.05, 0.1) is 28.1 Å². The number of para-hydroxylation sites is 1. The SMILES string of the molecule is CCOc1ccc2nc(NC(=O)c3ccc4c(c3)S(=O)(=O)N(c3ccccc3)C4=O)sc2c1. The first-order chi connectivity index (χ1) is 15.9. The third kappa shape index (κ3) is 3.62. The van der Waals surface area contributed by atoms with Crippen LogP contribution in [0.1, 0.15) is 27.6 Å². The van der Waals surface area contributed by atoms with Gasteiger partial charge in [-0.1, -0.05) is 29.5 Å². The first-order valence-corrected chi connectivity index (χ1v) is 12.3. The summed E-state index contributed by atoms with van der Waals surface area (Å²) in [5, 5.41) is 3.08. The lowest BCUT2D eigenvalue weighted by Crippen LogP contribution is -2.29. The van der Waals surface area contributed by atoms with E-state index in [4.69, 9.17) is 4.74 Å². The van der Waals surface area contributed by atoms with Crippen molar-refractivity contribution in [1.82, 2.24) is 4.98 Å². The number of nitrogens with zero attached hydrogens (tertiary/aromatic N) is 2. The smallest absolute Gasteiger partial charge is 0.273 e. The molecule has 1 aliphatic heterocycles. The Morgan fingerprint density at radius 1 is 1.09 bits per heavy atom. The van der Waals surface area contributed by atoms with Crippen molar-refractivity contribution in [2.75, 3.05) is 16.2 Å². The van der Waals surface area contributed by atoms with Crippen molar-refractivity contribution < 1.29 is 22.7 Å². The minimum Gasteiger partial charge on any atom is -0.494 e. The number of hydrogen-bond donors (Lipinski definition) is 1. The van der Waals surface area contributed by atoms with Crippen molar-refractivity contribution >= 4 is 54.2 Å². The van der Waals surface area contributed by atoms with Crippen LogP contribution in [0.2, 0.25) is 0 Å². The summed E-state index contributed by atoms with van der Waals surface area (Å²) in [6, 6.07) is 17.6. The Kier molecular flexibility index (Phi) is 5.10. The average molecular weight is 480 g/mol. The van der Waals surface area contributed by atoms with Gasteiger partial charge in [-0.2, -0.15) is 4.31 Å². The molecular weight excluding hydrogens is 462 g/mol. The topological polar surface area (TPSA) is 106 Å². The van der Waals surface area contributed by atoms with Crippen LogP contribution >= 0.6 is 11.3 Å². The minimum absolute atomic E-state index is 0.0267. The molecule has 0 radical (unpaired) electrons. The van der Waals surface area contributed by atoms with Gasteiger partial charge in [-0.3, -0.25) is 14.9 Å². The maximum absolute atomic E-state index is 13.1. The summed E-state index contributed by atoms with van der Waals surface area (Å²) in [6.45, 7) is 2.44. The van der Waals surface area contributed by atoms with Crippen LogP contribution in [0.5, 0.6) is 5.75 Å². The maximum atomic E-state index is 13.1. The summed E-state index contributed by atoms with van der Waals surface area (Å²) in [4.78, 5) is 29.8. The Labute approximate surface area is 193 Å². The molecule has 1 N–H and O–H groups in total. The number of amides is 2. The maximum Gasteiger partial charge on any atom is 0.273 e. The van der Waals surface area contributed by atoms with Crippen molar-refractivity contribution in [3.63, 3.8) is 0 Å². The number of aromatic nitrogens is 1. The number of fused-ring (bicyclic) bond motifs is 2. The van der Waals surface area contributed by atoms with Crippen molar-refractivity contribution in [3.05, 3.63) is 77.9 Å². The number of nitrogens with one attached hydrogen (secondary N) is 1. The minimum atomic E-state index is -4.13. The summed E-state index contributed by atoms with van der Waals surface area (Å²) in [6.07, 6.45) is 0. The highest BCUT2D eigenvalue weighted by Gasteiger charge is 2.42. The van der Waals surface area contributed by atoms with Crippen molar-refractivity contribution in [3.8, 4) is 5.75 Å². The van der Waals surface area contributed by atoms with E-state index in [1.807, 2.05) is 13.0 Å². The molecule has 2 heterocycles. The second-order valence-electron chi connectivity index (χ2n) is 7.16. The fraction of sp³-hybridized carbons (Fsp3) is 0.0870. The van der Waals surface area contributed by atoms with Crippen molar-refractivity contribution in [2.45, 2.75) is 11.8 Å². The van der Waals surface area contributed by atoms with E-state index in [9.17, 15) is 18.0 Å². The van der Waals surface area contributed by atoms with Crippen LogP contribution in [0.3, 0.4) is 0 Å². The number of carbonyl (C=O) groups is 2. The fourth-order valence-electron chi connectivity index (χ4n) is 3.57. The van der Waals surface area contributed by atoms with Gasteiger partial charge in [0, 0.05) is 5.56 Å². The molecule has 4 aromatic rings. The Balaban J connectivity index is 1.44. The molecule has 1 aliphatic rings. The zero-order chi connectivity index (χ0) is 23.2. The molecule has 0 spiro atoms. The Morgan fingerprint density at radius 2 is 1.88 bits per heavy atom. The van der Waals surface area contributed by atoms with Gasteiger partial charge in [0.1, 0.15) is 10.6 Å². The third-order valence-corrected chi connectivity index (χ3v) is 7.74. The number of carbonyl (C=O) groups excluding carboxylic acids is 2. The first kappa shape index (κ1) is 21.1. The molecule has 8 nitrogen and oxygen atoms in total. The summed E-state index contributed by atoms with van der Waals surface area (Å²) in [7, 11) is -4.13. The van der Waals surface area contributed by atoms with Gasteiger partial charge in [-0.25, -0.2) is 13.4 Å². The predicted octanol–water partition coefficient (Wildman–Crippen LogP) is 4.30. The molecule has 3 aromatic carbocycles. The number of thiazole rings is 1. The number of hydrogen-bond acceptors (Lipinski definition) is 7. The Hall–Kier alpha value is -3.76. The Bertz CT molecular complexity index is 1510. The van der Waals surface area contributed by atoms with E-state index in [2.05, 4.69) is 10.3 Å². The molecule has 0 saturated heterocycles. The van der Waals surface area contributed by atoms with E-state index in [0.29, 0.717) is 23.0 Å². The van der Waals surface area contributed by atoms with E-state index in [-0.39, 0.29) is 21.7 Å². The van der Waals surface area contributed by atoms with Crippen LogP contribution in [0.4, 0.5) is 10.8 Å². The summed E-state index contributed by atoms with van der Waals surface area (Å²) in [5.41, 5.74) is 1.08. The summed E-state index contributed by atoms with van der Waals surface area (Å²) >= 11 is 1.28. The number of rotatable bonds is 5. The molecule has 166 valence electrons. The second kappa shape index (κ2) is 7.98. The predicted molar refractivity (Wildman–Crippen MR) is 126 cm³/mol. The van der Waals surface area contributed by atoms with E-state index in [1.54, 1.807) is 42.5 Å². The van der Waals surface area contributed by atoms with Crippen LogP contribution < -0.4 is 14.4 Å². The van der Waals surface area contributed by atoms with Crippen molar-refractivity contribution in [2.24, 2.45) is 0 Å². The molecule has 5 rings (SSSR count). The van der Waals surface area contributed by atoms with Gasteiger partial charge in [-0.05, 0) is 55.5 Å². The normalized spacial score (nSPS) is 14.3. The number of anilines is 2. The molecule has 33 heavy (non-hydrogen) atoms. The highest BCUT2D eigenvalue weighted by Crippen LogP contribution is 2.35. The summed E-state index contributed by atoms with van der Waals surface area (Å²) < 4.78 is 33.2. The van der Waals surface area contributed by atoms with Crippen LogP contribution in [-0.4, -0.2) is 31.8 Å². The Morgan fingerprint density at radius 3 is 2.64 bits per heavy atom. The molecule has 0 unspecified atom stereocenters. The first-order valence-electron chi connectivity index (χ1n) is 10.0. The van der Waals surface area contributed by atoms with Gasteiger partial charge in [-0.15, -0.1) is 0 Å². The van der Waals surface area contributed by atoms with Crippen LogP contribution in [0.15, 0.2) is 71.6 Å². The molecular formula is C23H17N3O5S2. The van der Waals surface area contributed by atoms with Gasteiger partial charge in [0.15, 0.2) is 5.13 Å². The molecule has 0 fully saturated rings. The van der Waals surface area contributed by atoms with Crippen LogP contribution in [0, 0.1) is 0 Å². The quantitative estimate of drug-likeness (QED) is 0.458. The van der Waals surface area contributed by atoms with E-state index in [0.717, 1.165) is 9.01 Å². The third-order valence-electron chi connectivity index (χ3n) is 5.06. The van der Waals surface area contributed by atoms with Crippen molar-refractivity contribution in [1.29, 1.82) is 0 Å². The average Bonchev–Trinajstić information content (AvgIpc) is 3.29. The lowest BCUT2D eigenvalue weighted by atomic mass is 10.1. The fourth-order valence-corrected chi connectivity index (χ4v) is 6.09. The lowest BCUT2D eigenvalue weighted by molar-refractivity contribution is 0.100. The molecule has 0 atom stereocenters. The van der Waals surface area contributed by atoms with Crippen LogP contribution in [-0.2, 0) is 10.0 Å². The van der Waals surface area contributed by atoms with Gasteiger partial charge < -0.3 is 4.74 Å². The van der Waals surface area contributed by atoms with Crippen LogP contribution in [0.25, 0.3) is 10.2 Å². The molecule has 2 amide bonds. The molecule has 0 aliphatic carbocycles. The van der Waals surface area contributed by atoms with E-state index >= 15 is 0 Å². The number of sulfonamides is 1. The van der Waals surface area contributed by atoms with E-state index in [1.165, 1.54) is 29.5 Å². The van der Waals surface area contributed by atoms with Gasteiger partial charge in [0.2, 0.25) is 0 Å². The number of ether oxygens (including phenoxy) is 1. The summed E-state index contributed by atoms with van der Waals surface area (Å²) in [5.74, 6) is -0.467. The molecule has 1 aromatic heterocycles. The zero-order valence-corrected chi connectivity index (χ0v) is 18.9. The monoisotopic (exact) mass is 479 g/mol.